The van der Waals surface area contributed by atoms with E-state index in [9.17, 15) is 13.2 Å². The molecule has 2 rings (SSSR count). The summed E-state index contributed by atoms with van der Waals surface area (Å²) in [7, 11) is 0. The van der Waals surface area contributed by atoms with Gasteiger partial charge in [0, 0.05) is 37.9 Å². The molecule has 1 aliphatic rings. The lowest BCUT2D eigenvalue weighted by Gasteiger charge is -2.36. The van der Waals surface area contributed by atoms with Gasteiger partial charge in [-0.25, -0.2) is 0 Å². The molecule has 1 saturated heterocycles. The van der Waals surface area contributed by atoms with Gasteiger partial charge in [0.05, 0.1) is 0 Å². The Hall–Kier alpha value is -1.43. The van der Waals surface area contributed by atoms with Crippen molar-refractivity contribution >= 4 is 5.69 Å². The van der Waals surface area contributed by atoms with Crippen LogP contribution in [0.15, 0.2) is 18.2 Å². The molecule has 0 spiro atoms. The largest absolute Gasteiger partial charge is 0.573 e. The minimum atomic E-state index is -4.66. The zero-order valence-corrected chi connectivity index (χ0v) is 16.0. The molecule has 1 aromatic carbocycles. The Labute approximate surface area is 149 Å². The number of halogens is 3. The molecule has 0 aromatic heterocycles. The quantitative estimate of drug-likeness (QED) is 0.712. The van der Waals surface area contributed by atoms with Gasteiger partial charge in [0.2, 0.25) is 0 Å². The average molecular weight is 360 g/mol. The fourth-order valence-electron chi connectivity index (χ4n) is 2.96. The van der Waals surface area contributed by atoms with Gasteiger partial charge in [-0.2, -0.15) is 0 Å². The zero-order valence-electron chi connectivity index (χ0n) is 16.0. The fourth-order valence-corrected chi connectivity index (χ4v) is 2.96. The first-order valence-electron chi connectivity index (χ1n) is 9.17. The molecule has 1 aromatic rings. The fraction of sp³-hybridized carbons (Fsp3) is 0.684. The van der Waals surface area contributed by atoms with E-state index in [1.807, 2.05) is 33.8 Å². The van der Waals surface area contributed by atoms with Gasteiger partial charge in [0.25, 0.3) is 0 Å². The number of ether oxygens (including phenoxy) is 1. The van der Waals surface area contributed by atoms with Crippen LogP contribution in [0.4, 0.5) is 18.9 Å². The van der Waals surface area contributed by atoms with E-state index in [-0.39, 0.29) is 11.7 Å². The maximum Gasteiger partial charge on any atom is 0.573 e. The molecule has 0 N–H and O–H groups in total. The van der Waals surface area contributed by atoms with Crippen LogP contribution < -0.4 is 9.64 Å². The lowest BCUT2D eigenvalue weighted by molar-refractivity contribution is -0.274. The van der Waals surface area contributed by atoms with E-state index in [0.717, 1.165) is 44.8 Å². The third kappa shape index (κ3) is 6.77. The second-order valence-corrected chi connectivity index (χ2v) is 6.25. The molecule has 25 heavy (non-hydrogen) atoms. The van der Waals surface area contributed by atoms with E-state index in [4.69, 9.17) is 0 Å². The van der Waals surface area contributed by atoms with Crippen molar-refractivity contribution in [2.75, 3.05) is 37.6 Å². The molecule has 0 unspecified atom stereocenters. The molecule has 0 atom stereocenters. The van der Waals surface area contributed by atoms with Crippen LogP contribution in [0, 0.1) is 0 Å². The summed E-state index contributed by atoms with van der Waals surface area (Å²) in [6, 6.07) is 5.17. The molecule has 6 heteroatoms. The van der Waals surface area contributed by atoms with Crippen molar-refractivity contribution in [3.8, 4) is 5.75 Å². The maximum atomic E-state index is 12.7. The average Bonchev–Trinajstić information content (AvgIpc) is 2.56. The van der Waals surface area contributed by atoms with Gasteiger partial charge in [0.1, 0.15) is 5.75 Å². The molecule has 1 fully saturated rings. The Balaban J connectivity index is 0.00000151. The monoisotopic (exact) mass is 360 g/mol. The van der Waals surface area contributed by atoms with Crippen molar-refractivity contribution in [1.29, 1.82) is 0 Å². The molecular weight excluding hydrogens is 329 g/mol. The predicted octanol–water partition coefficient (Wildman–Crippen LogP) is 5.27. The van der Waals surface area contributed by atoms with Crippen molar-refractivity contribution in [3.63, 3.8) is 0 Å². The van der Waals surface area contributed by atoms with Crippen molar-refractivity contribution in [1.82, 2.24) is 4.90 Å². The van der Waals surface area contributed by atoms with Gasteiger partial charge in [-0.15, -0.1) is 13.2 Å². The lowest BCUT2D eigenvalue weighted by atomic mass is 10.0. The zero-order chi connectivity index (χ0) is 19.0. The minimum absolute atomic E-state index is 0.0252. The van der Waals surface area contributed by atoms with Gasteiger partial charge >= 0.3 is 6.36 Å². The van der Waals surface area contributed by atoms with E-state index in [1.54, 1.807) is 6.07 Å². The van der Waals surface area contributed by atoms with Crippen LogP contribution in [-0.4, -0.2) is 44.0 Å². The van der Waals surface area contributed by atoms with Gasteiger partial charge in [-0.1, -0.05) is 40.7 Å². The lowest BCUT2D eigenvalue weighted by Crippen LogP contribution is -2.46. The Bertz CT molecular complexity index is 510. The number of hydrogen-bond acceptors (Lipinski definition) is 3. The number of benzene rings is 1. The first-order valence-corrected chi connectivity index (χ1v) is 9.17. The molecule has 1 aliphatic heterocycles. The summed E-state index contributed by atoms with van der Waals surface area (Å²) >= 11 is 0. The molecule has 0 aliphatic carbocycles. The smallest absolute Gasteiger partial charge is 0.405 e. The third-order valence-electron chi connectivity index (χ3n) is 4.12. The van der Waals surface area contributed by atoms with E-state index < -0.39 is 6.36 Å². The molecule has 3 nitrogen and oxygen atoms in total. The highest BCUT2D eigenvalue weighted by molar-refractivity contribution is 5.55. The molecule has 144 valence electrons. The van der Waals surface area contributed by atoms with Crippen LogP contribution in [-0.2, 0) is 0 Å². The highest BCUT2D eigenvalue weighted by atomic mass is 19.4. The van der Waals surface area contributed by atoms with E-state index in [0.29, 0.717) is 5.56 Å². The summed E-state index contributed by atoms with van der Waals surface area (Å²) in [5.41, 5.74) is 1.38. The second-order valence-electron chi connectivity index (χ2n) is 6.25. The van der Waals surface area contributed by atoms with E-state index in [2.05, 4.69) is 21.5 Å². The number of piperazine rings is 1. The van der Waals surface area contributed by atoms with Crippen molar-refractivity contribution < 1.29 is 17.9 Å². The van der Waals surface area contributed by atoms with Crippen LogP contribution >= 0.6 is 0 Å². The summed E-state index contributed by atoms with van der Waals surface area (Å²) < 4.78 is 42.2. The number of nitrogens with zero attached hydrogens (tertiary/aromatic N) is 2. The Morgan fingerprint density at radius 2 is 1.68 bits per heavy atom. The summed E-state index contributed by atoms with van der Waals surface area (Å²) in [6.45, 7) is 14.5. The number of hydrogen-bond donors (Lipinski definition) is 0. The number of anilines is 1. The highest BCUT2D eigenvalue weighted by Gasteiger charge is 2.32. The Morgan fingerprint density at radius 1 is 1.08 bits per heavy atom. The molecule has 0 radical (unpaired) electrons. The van der Waals surface area contributed by atoms with Crippen LogP contribution in [0.1, 0.15) is 52.5 Å². The van der Waals surface area contributed by atoms with Crippen LogP contribution in [0.3, 0.4) is 0 Å². The van der Waals surface area contributed by atoms with Crippen molar-refractivity contribution in [2.24, 2.45) is 0 Å². The summed E-state index contributed by atoms with van der Waals surface area (Å²) in [5.74, 6) is -0.108. The topological polar surface area (TPSA) is 15.7 Å². The van der Waals surface area contributed by atoms with Gasteiger partial charge in [-0.3, -0.25) is 4.90 Å². The van der Waals surface area contributed by atoms with Crippen molar-refractivity contribution in [2.45, 2.75) is 53.3 Å². The SMILES string of the molecule is CC.CCCN1CCN(c2ccc(C(C)C)c(OC(F)(F)F)c2)CC1. The van der Waals surface area contributed by atoms with Crippen LogP contribution in [0.25, 0.3) is 0 Å². The first-order chi connectivity index (χ1) is 11.8. The van der Waals surface area contributed by atoms with Crippen molar-refractivity contribution in [3.05, 3.63) is 23.8 Å². The Morgan fingerprint density at radius 3 is 2.16 bits per heavy atom. The summed E-state index contributed by atoms with van der Waals surface area (Å²) in [5, 5.41) is 0. The van der Waals surface area contributed by atoms with Crippen LogP contribution in [0.5, 0.6) is 5.75 Å². The molecule has 1 heterocycles. The molecule has 0 saturated carbocycles. The molecule has 0 bridgehead atoms. The third-order valence-corrected chi connectivity index (χ3v) is 4.12. The Kier molecular flexibility index (Phi) is 8.56. The standard InChI is InChI=1S/C17H25F3N2O.C2H6/c1-4-7-21-8-10-22(11-9-21)14-5-6-15(13(2)3)16(12-14)23-17(18,19)20;1-2/h5-6,12-13H,4,7-11H2,1-3H3;1-2H3. The second kappa shape index (κ2) is 9.90. The molecular formula is C19H31F3N2O. The first kappa shape index (κ1) is 21.6. The van der Waals surface area contributed by atoms with Gasteiger partial charge in [0.15, 0.2) is 0 Å². The number of alkyl halides is 3. The number of rotatable bonds is 5. The normalized spacial score (nSPS) is 15.8. The minimum Gasteiger partial charge on any atom is -0.405 e. The van der Waals surface area contributed by atoms with E-state index in [1.165, 1.54) is 6.07 Å². The summed E-state index contributed by atoms with van der Waals surface area (Å²) in [6.07, 6.45) is -3.55. The van der Waals surface area contributed by atoms with E-state index >= 15 is 0 Å². The predicted molar refractivity (Wildman–Crippen MR) is 97.5 cm³/mol. The maximum absolute atomic E-state index is 12.7. The van der Waals surface area contributed by atoms with Gasteiger partial charge < -0.3 is 9.64 Å². The van der Waals surface area contributed by atoms with Crippen LogP contribution in [0.2, 0.25) is 0 Å². The van der Waals surface area contributed by atoms with Gasteiger partial charge in [-0.05, 0) is 30.5 Å². The summed E-state index contributed by atoms with van der Waals surface area (Å²) in [4.78, 5) is 4.51. The molecule has 0 amide bonds. The highest BCUT2D eigenvalue weighted by Crippen LogP contribution is 2.34.